The summed E-state index contributed by atoms with van der Waals surface area (Å²) in [6.45, 7) is 9.46. The van der Waals surface area contributed by atoms with Gasteiger partial charge in [-0.2, -0.15) is 0 Å². The van der Waals surface area contributed by atoms with Crippen LogP contribution in [0.3, 0.4) is 0 Å². The highest BCUT2D eigenvalue weighted by Gasteiger charge is 2.36. The number of carbonyl (C=O) groups excluding carboxylic acids is 4. The van der Waals surface area contributed by atoms with Crippen LogP contribution in [0.15, 0.2) is 36.4 Å². The molecule has 0 radical (unpaired) electrons. The Balaban J connectivity index is 2.46. The van der Waals surface area contributed by atoms with Crippen LogP contribution >= 0.6 is 0 Å². The van der Waals surface area contributed by atoms with E-state index in [1.54, 1.807) is 0 Å². The molecular formula is C60H98O8. The Morgan fingerprint density at radius 1 is 0.309 bits per heavy atom. The average molecular weight is 947 g/mol. The van der Waals surface area contributed by atoms with E-state index in [2.05, 4.69) is 27.7 Å². The van der Waals surface area contributed by atoms with E-state index in [0.29, 0.717) is 36.8 Å². The smallest absolute Gasteiger partial charge is 0.339 e. The molecule has 0 aliphatic heterocycles. The first-order valence-electron chi connectivity index (χ1n) is 28.4. The molecule has 0 saturated carbocycles. The summed E-state index contributed by atoms with van der Waals surface area (Å²) in [6, 6.07) is 10.7. The van der Waals surface area contributed by atoms with Gasteiger partial charge in [-0.3, -0.25) is 0 Å². The van der Waals surface area contributed by atoms with E-state index in [4.69, 9.17) is 18.9 Å². The maximum absolute atomic E-state index is 14.6. The molecule has 2 aromatic carbocycles. The molecule has 0 spiro atoms. The van der Waals surface area contributed by atoms with Gasteiger partial charge in [-0.25, -0.2) is 19.2 Å². The van der Waals surface area contributed by atoms with Crippen LogP contribution in [0.1, 0.15) is 300 Å². The highest BCUT2D eigenvalue weighted by molar-refractivity contribution is 6.18. The van der Waals surface area contributed by atoms with Crippen LogP contribution in [-0.4, -0.2) is 50.3 Å². The lowest BCUT2D eigenvalue weighted by molar-refractivity contribution is 0.0415. The van der Waals surface area contributed by atoms with Crippen molar-refractivity contribution in [3.63, 3.8) is 0 Å². The first kappa shape index (κ1) is 60.4. The Hall–Kier alpha value is -3.68. The summed E-state index contributed by atoms with van der Waals surface area (Å²) in [5.41, 5.74) is 0.134. The lowest BCUT2D eigenvalue weighted by atomic mass is 9.88. The van der Waals surface area contributed by atoms with Gasteiger partial charge < -0.3 is 18.9 Å². The molecule has 0 aliphatic rings. The number of ether oxygens (including phenoxy) is 4. The monoisotopic (exact) mass is 947 g/mol. The molecule has 2 aromatic rings. The summed E-state index contributed by atoms with van der Waals surface area (Å²) in [4.78, 5) is 57.9. The van der Waals surface area contributed by atoms with Crippen LogP contribution in [-0.2, 0) is 18.9 Å². The Labute approximate surface area is 415 Å². The second-order valence-corrected chi connectivity index (χ2v) is 19.3. The molecule has 0 aliphatic carbocycles. The highest BCUT2D eigenvalue weighted by atomic mass is 16.5. The summed E-state index contributed by atoms with van der Waals surface area (Å²) in [5.74, 6) is -3.16. The summed E-state index contributed by atoms with van der Waals surface area (Å²) >= 11 is 0. The second kappa shape index (κ2) is 42.2. The number of carbonyl (C=O) groups is 4. The van der Waals surface area contributed by atoms with Gasteiger partial charge in [0.05, 0.1) is 48.7 Å². The predicted molar refractivity (Wildman–Crippen MR) is 282 cm³/mol. The lowest BCUT2D eigenvalue weighted by Gasteiger charge is -2.20. The summed E-state index contributed by atoms with van der Waals surface area (Å²) < 4.78 is 23.8. The van der Waals surface area contributed by atoms with Gasteiger partial charge in [-0.15, -0.1) is 0 Å². The van der Waals surface area contributed by atoms with E-state index < -0.39 is 23.9 Å². The van der Waals surface area contributed by atoms with Gasteiger partial charge in [0, 0.05) is 0 Å². The molecule has 0 fully saturated rings. The topological polar surface area (TPSA) is 105 Å². The van der Waals surface area contributed by atoms with E-state index in [0.717, 1.165) is 77.0 Å². The molecule has 0 atom stereocenters. The number of benzene rings is 2. The zero-order valence-corrected chi connectivity index (χ0v) is 44.0. The molecule has 0 unspecified atom stereocenters. The van der Waals surface area contributed by atoms with Gasteiger partial charge in [0.25, 0.3) is 0 Å². The van der Waals surface area contributed by atoms with Gasteiger partial charge in [0.2, 0.25) is 0 Å². The van der Waals surface area contributed by atoms with Crippen molar-refractivity contribution < 1.29 is 38.1 Å². The third kappa shape index (κ3) is 27.5. The number of hydrogen-bond acceptors (Lipinski definition) is 8. The third-order valence-corrected chi connectivity index (χ3v) is 13.2. The number of unbranched alkanes of at least 4 members (excludes halogenated alkanes) is 32. The predicted octanol–water partition coefficient (Wildman–Crippen LogP) is 18.1. The molecule has 0 saturated heterocycles. The van der Waals surface area contributed by atoms with Crippen LogP contribution in [0.25, 0.3) is 11.1 Å². The maximum Gasteiger partial charge on any atom is 0.339 e. The molecule has 0 amide bonds. The number of hydrogen-bond donors (Lipinski definition) is 0. The molecule has 68 heavy (non-hydrogen) atoms. The minimum atomic E-state index is -0.847. The minimum Gasteiger partial charge on any atom is -0.462 e. The van der Waals surface area contributed by atoms with Crippen molar-refractivity contribution in [3.8, 4) is 11.1 Å². The van der Waals surface area contributed by atoms with Crippen LogP contribution < -0.4 is 0 Å². The normalized spacial score (nSPS) is 11.2. The molecule has 0 heterocycles. The standard InChI is InChI=1S/C60H98O8/c1-5-9-13-17-21-25-29-33-40-46-65-57(61)53-50-52(51-44-38-37-39-45-51)54(58(62)66-47-41-34-30-26-22-18-14-10-6-2)56(60(64)68-49-43-36-32-28-24-20-16-12-8-4)55(53)59(63)67-48-42-35-31-27-23-19-15-11-7-3/h37-39,44-45,50H,5-36,40-43,46-49H2,1-4H3. The quantitative estimate of drug-likeness (QED) is 0.0367. The van der Waals surface area contributed by atoms with E-state index in [9.17, 15) is 19.2 Å². The summed E-state index contributed by atoms with van der Waals surface area (Å²) in [7, 11) is 0. The van der Waals surface area contributed by atoms with Crippen LogP contribution in [0.5, 0.6) is 0 Å². The van der Waals surface area contributed by atoms with Crippen molar-refractivity contribution in [2.45, 2.75) is 259 Å². The van der Waals surface area contributed by atoms with Crippen molar-refractivity contribution >= 4 is 23.9 Å². The Morgan fingerprint density at radius 3 is 0.897 bits per heavy atom. The molecule has 8 heteroatoms. The molecule has 8 nitrogen and oxygen atoms in total. The molecule has 2 rings (SSSR count). The van der Waals surface area contributed by atoms with Gasteiger partial charge in [0.15, 0.2) is 0 Å². The van der Waals surface area contributed by atoms with E-state index in [-0.39, 0.29) is 48.7 Å². The SMILES string of the molecule is CCCCCCCCCCCOC(=O)c1cc(-c2ccccc2)c(C(=O)OCCCCCCCCCCC)c(C(=O)OCCCCCCCCCCC)c1C(=O)OCCCCCCCCCCC. The number of rotatable bonds is 45. The van der Waals surface area contributed by atoms with Crippen molar-refractivity contribution in [2.24, 2.45) is 0 Å². The van der Waals surface area contributed by atoms with Crippen molar-refractivity contribution in [1.82, 2.24) is 0 Å². The second-order valence-electron chi connectivity index (χ2n) is 19.3. The van der Waals surface area contributed by atoms with Gasteiger partial charge >= 0.3 is 23.9 Å². The van der Waals surface area contributed by atoms with Crippen molar-refractivity contribution in [2.75, 3.05) is 26.4 Å². The van der Waals surface area contributed by atoms with Crippen LogP contribution in [0.2, 0.25) is 0 Å². The Kier molecular flexibility index (Phi) is 37.5. The zero-order valence-electron chi connectivity index (χ0n) is 44.0. The number of esters is 4. The van der Waals surface area contributed by atoms with Crippen LogP contribution in [0.4, 0.5) is 0 Å². The zero-order chi connectivity index (χ0) is 49.1. The van der Waals surface area contributed by atoms with Gasteiger partial charge in [0.1, 0.15) is 0 Å². The molecular weight excluding hydrogens is 849 g/mol. The molecule has 0 N–H and O–H groups in total. The van der Waals surface area contributed by atoms with Crippen LogP contribution in [0, 0.1) is 0 Å². The van der Waals surface area contributed by atoms with E-state index >= 15 is 0 Å². The minimum absolute atomic E-state index is 0.0882. The molecule has 0 bridgehead atoms. The van der Waals surface area contributed by atoms with Gasteiger partial charge in [-0.05, 0) is 42.9 Å². The average Bonchev–Trinajstić information content (AvgIpc) is 3.35. The third-order valence-electron chi connectivity index (χ3n) is 13.2. The Morgan fingerprint density at radius 2 is 0.574 bits per heavy atom. The van der Waals surface area contributed by atoms with E-state index in [1.165, 1.54) is 134 Å². The van der Waals surface area contributed by atoms with Gasteiger partial charge in [-0.1, -0.05) is 263 Å². The fourth-order valence-electron chi connectivity index (χ4n) is 8.92. The lowest BCUT2D eigenvalue weighted by Crippen LogP contribution is -2.25. The maximum atomic E-state index is 14.6. The fraction of sp³-hybridized carbons (Fsp3) is 0.733. The first-order chi connectivity index (χ1) is 33.4. The largest absolute Gasteiger partial charge is 0.462 e. The fourth-order valence-corrected chi connectivity index (χ4v) is 8.92. The Bertz CT molecular complexity index is 1590. The highest BCUT2D eigenvalue weighted by Crippen LogP contribution is 2.34. The molecule has 0 aromatic heterocycles. The summed E-state index contributed by atoms with van der Waals surface area (Å²) in [6.07, 6.45) is 39.8. The van der Waals surface area contributed by atoms with Crippen molar-refractivity contribution in [3.05, 3.63) is 58.7 Å². The summed E-state index contributed by atoms with van der Waals surface area (Å²) in [5, 5.41) is 0. The first-order valence-corrected chi connectivity index (χ1v) is 28.4. The van der Waals surface area contributed by atoms with E-state index in [1.807, 2.05) is 30.3 Å². The molecule has 386 valence electrons. The van der Waals surface area contributed by atoms with Crippen molar-refractivity contribution in [1.29, 1.82) is 0 Å².